The number of hydrogen-bond acceptors (Lipinski definition) is 6. The third-order valence-electron chi connectivity index (χ3n) is 4.19. The maximum Gasteiger partial charge on any atom is 0.411 e. The van der Waals surface area contributed by atoms with Gasteiger partial charge >= 0.3 is 18.2 Å². The van der Waals surface area contributed by atoms with E-state index < -0.39 is 23.8 Å². The fourth-order valence-electron chi connectivity index (χ4n) is 2.80. The first-order chi connectivity index (χ1) is 13.7. The predicted molar refractivity (Wildman–Crippen MR) is 106 cm³/mol. The minimum Gasteiger partial charge on any atom is -0.459 e. The summed E-state index contributed by atoms with van der Waals surface area (Å²) in [4.78, 5) is 39.4. The van der Waals surface area contributed by atoms with E-state index in [1.807, 2.05) is 30.3 Å². The summed E-state index contributed by atoms with van der Waals surface area (Å²) in [6.07, 6.45) is -0.525. The maximum atomic E-state index is 12.4. The molecule has 0 aromatic heterocycles. The first-order valence-corrected chi connectivity index (χ1v) is 9.90. The van der Waals surface area contributed by atoms with Gasteiger partial charge in [-0.2, -0.15) is 0 Å². The molecule has 9 heteroatoms. The molecular formula is C20H27ClN2O6. The normalized spacial score (nSPS) is 15.9. The van der Waals surface area contributed by atoms with Gasteiger partial charge in [0.15, 0.2) is 6.07 Å². The summed E-state index contributed by atoms with van der Waals surface area (Å²) in [5.41, 5.74) is 0.207. The lowest BCUT2D eigenvalue weighted by molar-refractivity contribution is -0.156. The molecule has 1 aliphatic rings. The molecule has 0 bridgehead atoms. The molecule has 160 valence electrons. The second-order valence-electron chi connectivity index (χ2n) is 7.66. The van der Waals surface area contributed by atoms with Gasteiger partial charge in [0.1, 0.15) is 18.8 Å². The van der Waals surface area contributed by atoms with Crippen LogP contribution in [0.3, 0.4) is 0 Å². The van der Waals surface area contributed by atoms with Gasteiger partial charge in [0, 0.05) is 13.1 Å². The Morgan fingerprint density at radius 3 is 2.41 bits per heavy atom. The van der Waals surface area contributed by atoms with Crippen LogP contribution in [0, 0.1) is 0 Å². The molecule has 1 aromatic rings. The lowest BCUT2D eigenvalue weighted by Crippen LogP contribution is -2.57. The SMILES string of the molecule is CC(C)(C)OC(=O)CN(C[C@H]1CCN1C(=O)OCc1ccccc1)C(=O)OCCl. The van der Waals surface area contributed by atoms with Gasteiger partial charge < -0.3 is 19.1 Å². The second-order valence-corrected chi connectivity index (χ2v) is 7.88. The molecule has 1 aliphatic heterocycles. The Labute approximate surface area is 175 Å². The van der Waals surface area contributed by atoms with E-state index in [0.717, 1.165) is 5.56 Å². The highest BCUT2D eigenvalue weighted by atomic mass is 35.5. The molecule has 0 N–H and O–H groups in total. The third kappa shape index (κ3) is 7.45. The fraction of sp³-hybridized carbons (Fsp3) is 0.550. The smallest absolute Gasteiger partial charge is 0.411 e. The van der Waals surface area contributed by atoms with E-state index in [9.17, 15) is 14.4 Å². The lowest BCUT2D eigenvalue weighted by Gasteiger charge is -2.42. The van der Waals surface area contributed by atoms with Crippen molar-refractivity contribution in [3.05, 3.63) is 35.9 Å². The molecule has 1 aromatic carbocycles. The fourth-order valence-corrected chi connectivity index (χ4v) is 2.89. The van der Waals surface area contributed by atoms with Gasteiger partial charge in [-0.25, -0.2) is 9.59 Å². The number of nitrogens with zero attached hydrogens (tertiary/aromatic N) is 2. The molecular weight excluding hydrogens is 400 g/mol. The van der Waals surface area contributed by atoms with Crippen molar-refractivity contribution in [1.82, 2.24) is 9.80 Å². The minimum absolute atomic E-state index is 0.120. The maximum absolute atomic E-state index is 12.4. The molecule has 1 saturated heterocycles. The molecule has 0 spiro atoms. The first-order valence-electron chi connectivity index (χ1n) is 9.36. The van der Waals surface area contributed by atoms with Crippen molar-refractivity contribution in [2.24, 2.45) is 0 Å². The van der Waals surface area contributed by atoms with E-state index in [1.54, 1.807) is 20.8 Å². The van der Waals surface area contributed by atoms with Crippen molar-refractivity contribution in [2.45, 2.75) is 45.4 Å². The number of benzene rings is 1. The first kappa shape index (κ1) is 22.8. The summed E-state index contributed by atoms with van der Waals surface area (Å²) in [5, 5.41) is 0. The number of hydrogen-bond donors (Lipinski definition) is 0. The van der Waals surface area contributed by atoms with Gasteiger partial charge in [0.25, 0.3) is 0 Å². The van der Waals surface area contributed by atoms with Crippen molar-refractivity contribution in [1.29, 1.82) is 0 Å². The van der Waals surface area contributed by atoms with Crippen LogP contribution in [-0.2, 0) is 25.6 Å². The molecule has 1 atom stereocenters. The van der Waals surface area contributed by atoms with Gasteiger partial charge in [0.2, 0.25) is 0 Å². The summed E-state index contributed by atoms with van der Waals surface area (Å²) in [6, 6.07) is 8.74. The summed E-state index contributed by atoms with van der Waals surface area (Å²) in [7, 11) is 0. The standard InChI is InChI=1S/C20H27ClN2O6/c1-20(2,3)29-17(24)12-22(18(25)28-14-21)11-16-9-10-23(16)19(26)27-13-15-7-5-4-6-8-15/h4-8,16H,9-14H2,1-3H3/t16-/m1/s1. The van der Waals surface area contributed by atoms with Crippen LogP contribution < -0.4 is 0 Å². The number of amides is 2. The zero-order valence-electron chi connectivity index (χ0n) is 16.9. The number of carbonyl (C=O) groups is 3. The van der Waals surface area contributed by atoms with Crippen LogP contribution in [0.5, 0.6) is 0 Å². The van der Waals surface area contributed by atoms with Crippen LogP contribution in [0.1, 0.15) is 32.8 Å². The largest absolute Gasteiger partial charge is 0.459 e. The van der Waals surface area contributed by atoms with Gasteiger partial charge in [-0.1, -0.05) is 41.9 Å². The number of rotatable bonds is 7. The van der Waals surface area contributed by atoms with E-state index in [2.05, 4.69) is 0 Å². The molecule has 2 amide bonds. The lowest BCUT2D eigenvalue weighted by atomic mass is 10.0. The van der Waals surface area contributed by atoms with Crippen LogP contribution in [0.15, 0.2) is 30.3 Å². The summed E-state index contributed by atoms with van der Waals surface area (Å²) >= 11 is 5.48. The van der Waals surface area contributed by atoms with Crippen molar-refractivity contribution < 1.29 is 28.6 Å². The molecule has 0 radical (unpaired) electrons. The van der Waals surface area contributed by atoms with Gasteiger partial charge in [-0.3, -0.25) is 9.69 Å². The molecule has 0 saturated carbocycles. The Morgan fingerprint density at radius 2 is 1.86 bits per heavy atom. The Bertz CT molecular complexity index is 707. The van der Waals surface area contributed by atoms with Crippen molar-refractivity contribution >= 4 is 29.8 Å². The Morgan fingerprint density at radius 1 is 1.17 bits per heavy atom. The minimum atomic E-state index is -0.740. The second kappa shape index (κ2) is 10.3. The van der Waals surface area contributed by atoms with Gasteiger partial charge in [0.05, 0.1) is 6.04 Å². The van der Waals surface area contributed by atoms with E-state index >= 15 is 0 Å². The molecule has 0 aliphatic carbocycles. The Kier molecular flexibility index (Phi) is 8.13. The predicted octanol–water partition coefficient (Wildman–Crippen LogP) is 3.37. The topological polar surface area (TPSA) is 85.4 Å². The highest BCUT2D eigenvalue weighted by Gasteiger charge is 2.36. The van der Waals surface area contributed by atoms with E-state index in [4.69, 9.17) is 25.8 Å². The number of ether oxygens (including phenoxy) is 3. The molecule has 8 nitrogen and oxygen atoms in total. The Hall–Kier alpha value is -2.48. The van der Waals surface area contributed by atoms with Crippen LogP contribution in [-0.4, -0.2) is 65.3 Å². The third-order valence-corrected chi connectivity index (χ3v) is 4.30. The monoisotopic (exact) mass is 426 g/mol. The summed E-state index contributed by atoms with van der Waals surface area (Å²) in [6.45, 7) is 5.72. The number of likely N-dealkylation sites (tertiary alicyclic amines) is 1. The van der Waals surface area contributed by atoms with Crippen molar-refractivity contribution in [3.63, 3.8) is 0 Å². The molecule has 29 heavy (non-hydrogen) atoms. The average molecular weight is 427 g/mol. The van der Waals surface area contributed by atoms with Crippen LogP contribution in [0.4, 0.5) is 9.59 Å². The van der Waals surface area contributed by atoms with Crippen LogP contribution in [0.25, 0.3) is 0 Å². The number of carbonyl (C=O) groups excluding carboxylic acids is 3. The van der Waals surface area contributed by atoms with E-state index in [0.29, 0.717) is 13.0 Å². The van der Waals surface area contributed by atoms with E-state index in [-0.39, 0.29) is 31.8 Å². The Balaban J connectivity index is 1.92. The van der Waals surface area contributed by atoms with Crippen molar-refractivity contribution in [3.8, 4) is 0 Å². The zero-order chi connectivity index (χ0) is 21.4. The highest BCUT2D eigenvalue weighted by Crippen LogP contribution is 2.21. The van der Waals surface area contributed by atoms with E-state index in [1.165, 1.54) is 9.80 Å². The van der Waals surface area contributed by atoms with Crippen LogP contribution >= 0.6 is 11.6 Å². The molecule has 2 rings (SSSR count). The van der Waals surface area contributed by atoms with Crippen molar-refractivity contribution in [2.75, 3.05) is 25.7 Å². The summed E-state index contributed by atoms with van der Waals surface area (Å²) in [5.74, 6) is -0.568. The molecule has 1 fully saturated rings. The number of esters is 1. The van der Waals surface area contributed by atoms with Crippen LogP contribution in [0.2, 0.25) is 0 Å². The quantitative estimate of drug-likeness (QED) is 0.377. The number of alkyl halides is 1. The molecule has 1 heterocycles. The molecule has 0 unspecified atom stereocenters. The average Bonchev–Trinajstić information content (AvgIpc) is 2.62. The van der Waals surface area contributed by atoms with Gasteiger partial charge in [-0.05, 0) is 32.8 Å². The highest BCUT2D eigenvalue weighted by molar-refractivity contribution is 6.17. The van der Waals surface area contributed by atoms with Gasteiger partial charge in [-0.15, -0.1) is 0 Å². The zero-order valence-corrected chi connectivity index (χ0v) is 17.7. The number of halogens is 1. The summed E-state index contributed by atoms with van der Waals surface area (Å²) < 4.78 is 15.4.